The summed E-state index contributed by atoms with van der Waals surface area (Å²) < 4.78 is 5.90. The maximum atomic E-state index is 11.4. The third-order valence-corrected chi connectivity index (χ3v) is 3.34. The van der Waals surface area contributed by atoms with Crippen molar-refractivity contribution in [2.75, 3.05) is 11.9 Å². The van der Waals surface area contributed by atoms with E-state index in [1.54, 1.807) is 0 Å². The van der Waals surface area contributed by atoms with E-state index in [0.29, 0.717) is 5.13 Å². The number of thiazole rings is 1. The Morgan fingerprint density at radius 3 is 3.17 bits per heavy atom. The number of aryl methyl sites for hydroxylation is 1. The molecule has 0 aliphatic rings. The summed E-state index contributed by atoms with van der Waals surface area (Å²) in [5.41, 5.74) is 2.14. The number of ether oxygens (including phenoxy) is 1. The smallest absolute Gasteiger partial charge is 0.413 e. The van der Waals surface area contributed by atoms with Gasteiger partial charge in [0.15, 0.2) is 5.13 Å². The van der Waals surface area contributed by atoms with Crippen molar-refractivity contribution in [3.8, 4) is 0 Å². The molecule has 0 saturated heterocycles. The molecular weight excluding hydrogens is 248 g/mol. The van der Waals surface area contributed by atoms with Gasteiger partial charge in [0, 0.05) is 0 Å². The number of nitrogens with one attached hydrogen (secondary N) is 1. The number of rotatable bonds is 4. The van der Waals surface area contributed by atoms with E-state index in [2.05, 4.69) is 29.9 Å². The molecule has 1 aromatic carbocycles. The fraction of sp³-hybridized carbons (Fsp3) is 0.231. The van der Waals surface area contributed by atoms with Crippen molar-refractivity contribution in [3.05, 3.63) is 36.4 Å². The first-order valence-corrected chi connectivity index (χ1v) is 6.48. The van der Waals surface area contributed by atoms with Crippen LogP contribution in [0.25, 0.3) is 10.2 Å². The normalized spacial score (nSPS) is 10.3. The Labute approximate surface area is 109 Å². The second-order valence-electron chi connectivity index (χ2n) is 3.69. The molecule has 0 aliphatic heterocycles. The number of benzene rings is 1. The molecule has 0 radical (unpaired) electrons. The standard InChI is InChI=1S/C13H14N2O2S/c1-3-7-17-13(16)15-12-14-10-6-5-9(4-2)8-11(10)18-12/h3,5-6,8H,1,4,7H2,2H3,(H,14,15,16). The molecule has 1 amide bonds. The summed E-state index contributed by atoms with van der Waals surface area (Å²) in [5.74, 6) is 0. The van der Waals surface area contributed by atoms with Gasteiger partial charge in [-0.1, -0.05) is 37.0 Å². The molecule has 2 aromatic rings. The van der Waals surface area contributed by atoms with Crippen LogP contribution in [-0.4, -0.2) is 17.7 Å². The Morgan fingerprint density at radius 1 is 1.61 bits per heavy atom. The van der Waals surface area contributed by atoms with Gasteiger partial charge in [0.2, 0.25) is 0 Å². The summed E-state index contributed by atoms with van der Waals surface area (Å²) in [6.45, 7) is 5.77. The van der Waals surface area contributed by atoms with Crippen molar-refractivity contribution < 1.29 is 9.53 Å². The number of nitrogens with zero attached hydrogens (tertiary/aromatic N) is 1. The van der Waals surface area contributed by atoms with Gasteiger partial charge in [-0.3, -0.25) is 5.32 Å². The van der Waals surface area contributed by atoms with Gasteiger partial charge in [0.25, 0.3) is 0 Å². The average molecular weight is 262 g/mol. The van der Waals surface area contributed by atoms with Crippen LogP contribution in [0.5, 0.6) is 0 Å². The Balaban J connectivity index is 2.14. The number of amides is 1. The number of carbonyl (C=O) groups is 1. The van der Waals surface area contributed by atoms with Crippen LogP contribution in [0.3, 0.4) is 0 Å². The third-order valence-electron chi connectivity index (χ3n) is 2.40. The van der Waals surface area contributed by atoms with E-state index in [4.69, 9.17) is 4.74 Å². The highest BCUT2D eigenvalue weighted by Gasteiger charge is 2.08. The van der Waals surface area contributed by atoms with Crippen LogP contribution in [0.1, 0.15) is 12.5 Å². The van der Waals surface area contributed by atoms with Crippen molar-refractivity contribution in [2.24, 2.45) is 0 Å². The van der Waals surface area contributed by atoms with E-state index < -0.39 is 6.09 Å². The maximum Gasteiger partial charge on any atom is 0.413 e. The van der Waals surface area contributed by atoms with Crippen molar-refractivity contribution in [1.82, 2.24) is 4.98 Å². The highest BCUT2D eigenvalue weighted by Crippen LogP contribution is 2.27. The minimum atomic E-state index is -0.510. The van der Waals surface area contributed by atoms with Crippen LogP contribution in [-0.2, 0) is 11.2 Å². The Morgan fingerprint density at radius 2 is 2.44 bits per heavy atom. The fourth-order valence-corrected chi connectivity index (χ4v) is 2.42. The maximum absolute atomic E-state index is 11.4. The van der Waals surface area contributed by atoms with Crippen LogP contribution in [0, 0.1) is 0 Å². The zero-order chi connectivity index (χ0) is 13.0. The zero-order valence-corrected chi connectivity index (χ0v) is 10.9. The topological polar surface area (TPSA) is 51.2 Å². The van der Waals surface area contributed by atoms with E-state index in [1.165, 1.54) is 23.0 Å². The van der Waals surface area contributed by atoms with Crippen LogP contribution in [0.4, 0.5) is 9.93 Å². The second-order valence-corrected chi connectivity index (χ2v) is 4.72. The van der Waals surface area contributed by atoms with Crippen molar-refractivity contribution in [1.29, 1.82) is 0 Å². The fourth-order valence-electron chi connectivity index (χ4n) is 1.50. The minimum absolute atomic E-state index is 0.191. The molecule has 0 fully saturated rings. The lowest BCUT2D eigenvalue weighted by atomic mass is 10.2. The number of anilines is 1. The number of fused-ring (bicyclic) bond motifs is 1. The molecule has 2 rings (SSSR count). The predicted octanol–water partition coefficient (Wildman–Crippen LogP) is 3.59. The van der Waals surface area contributed by atoms with E-state index in [1.807, 2.05) is 12.1 Å². The zero-order valence-electron chi connectivity index (χ0n) is 10.1. The molecule has 0 spiro atoms. The van der Waals surface area contributed by atoms with Gasteiger partial charge in [0.1, 0.15) is 6.61 Å². The largest absolute Gasteiger partial charge is 0.445 e. The molecule has 0 aliphatic carbocycles. The van der Waals surface area contributed by atoms with Crippen LogP contribution in [0.15, 0.2) is 30.9 Å². The van der Waals surface area contributed by atoms with Gasteiger partial charge >= 0.3 is 6.09 Å². The van der Waals surface area contributed by atoms with Crippen LogP contribution >= 0.6 is 11.3 Å². The van der Waals surface area contributed by atoms with Gasteiger partial charge in [-0.15, -0.1) is 0 Å². The molecule has 94 valence electrons. The average Bonchev–Trinajstić information content (AvgIpc) is 2.77. The lowest BCUT2D eigenvalue weighted by molar-refractivity contribution is 0.174. The number of hydrogen-bond acceptors (Lipinski definition) is 4. The van der Waals surface area contributed by atoms with Gasteiger partial charge in [-0.2, -0.15) is 0 Å². The van der Waals surface area contributed by atoms with E-state index in [9.17, 15) is 4.79 Å². The van der Waals surface area contributed by atoms with Gasteiger partial charge in [-0.05, 0) is 24.1 Å². The predicted molar refractivity (Wildman–Crippen MR) is 74.2 cm³/mol. The summed E-state index contributed by atoms with van der Waals surface area (Å²) in [7, 11) is 0. The Bertz CT molecular complexity index is 577. The number of carbonyl (C=O) groups excluding carboxylic acids is 1. The van der Waals surface area contributed by atoms with Crippen molar-refractivity contribution in [2.45, 2.75) is 13.3 Å². The summed E-state index contributed by atoms with van der Waals surface area (Å²) in [6.07, 6.45) is 1.99. The molecule has 0 atom stereocenters. The van der Waals surface area contributed by atoms with E-state index >= 15 is 0 Å². The summed E-state index contributed by atoms with van der Waals surface area (Å²) >= 11 is 1.44. The molecule has 0 saturated carbocycles. The van der Waals surface area contributed by atoms with Gasteiger partial charge in [-0.25, -0.2) is 9.78 Å². The minimum Gasteiger partial charge on any atom is -0.445 e. The van der Waals surface area contributed by atoms with E-state index in [-0.39, 0.29) is 6.61 Å². The molecule has 0 unspecified atom stereocenters. The molecule has 1 N–H and O–H groups in total. The quantitative estimate of drug-likeness (QED) is 0.857. The molecule has 0 bridgehead atoms. The van der Waals surface area contributed by atoms with Crippen LogP contribution < -0.4 is 5.32 Å². The SMILES string of the molecule is C=CCOC(=O)Nc1nc2ccc(CC)cc2s1. The first-order valence-electron chi connectivity index (χ1n) is 5.67. The van der Waals surface area contributed by atoms with E-state index in [0.717, 1.165) is 16.6 Å². The summed E-state index contributed by atoms with van der Waals surface area (Å²) in [6, 6.07) is 6.10. The molecule has 1 aromatic heterocycles. The molecule has 5 heteroatoms. The molecule has 1 heterocycles. The first kappa shape index (κ1) is 12.6. The van der Waals surface area contributed by atoms with Crippen molar-refractivity contribution >= 4 is 32.8 Å². The van der Waals surface area contributed by atoms with Gasteiger partial charge in [0.05, 0.1) is 10.2 Å². The third kappa shape index (κ3) is 2.87. The lowest BCUT2D eigenvalue weighted by Crippen LogP contribution is -2.13. The van der Waals surface area contributed by atoms with Gasteiger partial charge < -0.3 is 4.74 Å². The monoisotopic (exact) mass is 262 g/mol. The summed E-state index contributed by atoms with van der Waals surface area (Å²) in [4.78, 5) is 15.7. The highest BCUT2D eigenvalue weighted by molar-refractivity contribution is 7.22. The van der Waals surface area contributed by atoms with Crippen molar-refractivity contribution in [3.63, 3.8) is 0 Å². The lowest BCUT2D eigenvalue weighted by Gasteiger charge is -2.00. The summed E-state index contributed by atoms with van der Waals surface area (Å²) in [5, 5.41) is 3.15. The Hall–Kier alpha value is -1.88. The second kappa shape index (κ2) is 5.64. The number of aromatic nitrogens is 1. The molecule has 18 heavy (non-hydrogen) atoms. The van der Waals surface area contributed by atoms with Crippen LogP contribution in [0.2, 0.25) is 0 Å². The Kier molecular flexibility index (Phi) is 3.94. The molecule has 4 nitrogen and oxygen atoms in total. The molecular formula is C13H14N2O2S. The highest BCUT2D eigenvalue weighted by atomic mass is 32.1. The first-order chi connectivity index (χ1) is 8.72. The number of hydrogen-bond donors (Lipinski definition) is 1.